The van der Waals surface area contributed by atoms with E-state index >= 15 is 0 Å². The van der Waals surface area contributed by atoms with Gasteiger partial charge in [0.1, 0.15) is 6.04 Å². The van der Waals surface area contributed by atoms with Crippen LogP contribution in [0.15, 0.2) is 30.3 Å². The van der Waals surface area contributed by atoms with E-state index in [4.69, 9.17) is 10.5 Å². The summed E-state index contributed by atoms with van der Waals surface area (Å²) >= 11 is 0. The van der Waals surface area contributed by atoms with Crippen LogP contribution in [0.25, 0.3) is 0 Å². The normalized spacial score (nSPS) is 12.1. The molecule has 0 saturated heterocycles. The van der Waals surface area contributed by atoms with Crippen molar-refractivity contribution in [3.8, 4) is 0 Å². The van der Waals surface area contributed by atoms with E-state index in [9.17, 15) is 4.79 Å². The van der Waals surface area contributed by atoms with Gasteiger partial charge < -0.3 is 10.5 Å². The first-order valence-corrected chi connectivity index (χ1v) is 7.70. The summed E-state index contributed by atoms with van der Waals surface area (Å²) < 4.78 is 5.21. The molecule has 20 heavy (non-hydrogen) atoms. The van der Waals surface area contributed by atoms with Gasteiger partial charge in [0.2, 0.25) is 0 Å². The lowest BCUT2D eigenvalue weighted by Crippen LogP contribution is -2.33. The molecule has 112 valence electrons. The Labute approximate surface area is 122 Å². The second-order valence-corrected chi connectivity index (χ2v) is 5.21. The van der Waals surface area contributed by atoms with Crippen LogP contribution in [-0.2, 0) is 16.0 Å². The second-order valence-electron chi connectivity index (χ2n) is 5.21. The zero-order chi connectivity index (χ0) is 14.6. The van der Waals surface area contributed by atoms with Crippen molar-refractivity contribution >= 4 is 5.97 Å². The van der Waals surface area contributed by atoms with Crippen LogP contribution in [0.2, 0.25) is 0 Å². The first kappa shape index (κ1) is 16.7. The van der Waals surface area contributed by atoms with Crippen LogP contribution in [0.5, 0.6) is 0 Å². The zero-order valence-corrected chi connectivity index (χ0v) is 12.5. The Morgan fingerprint density at radius 2 is 1.85 bits per heavy atom. The zero-order valence-electron chi connectivity index (χ0n) is 12.5. The summed E-state index contributed by atoms with van der Waals surface area (Å²) in [5.41, 5.74) is 7.06. The van der Waals surface area contributed by atoms with Gasteiger partial charge in [-0.2, -0.15) is 0 Å². The summed E-state index contributed by atoms with van der Waals surface area (Å²) in [7, 11) is 0. The first-order chi connectivity index (χ1) is 9.74. The smallest absolute Gasteiger partial charge is 0.322 e. The Morgan fingerprint density at radius 1 is 1.15 bits per heavy atom. The molecule has 1 aromatic rings. The minimum Gasteiger partial charge on any atom is -0.465 e. The van der Waals surface area contributed by atoms with Gasteiger partial charge in [-0.25, -0.2) is 0 Å². The number of carbonyl (C=O) groups excluding carboxylic acids is 1. The topological polar surface area (TPSA) is 52.3 Å². The Hall–Kier alpha value is -1.35. The van der Waals surface area contributed by atoms with Crippen LogP contribution in [0.4, 0.5) is 0 Å². The number of unbranched alkanes of at least 4 members (excludes halogenated alkanes) is 4. The molecule has 0 aliphatic rings. The van der Waals surface area contributed by atoms with Crippen molar-refractivity contribution in [2.75, 3.05) is 6.61 Å². The molecule has 1 rings (SSSR count). The Bertz CT molecular complexity index is 365. The summed E-state index contributed by atoms with van der Waals surface area (Å²) in [5.74, 6) is -0.267. The van der Waals surface area contributed by atoms with Gasteiger partial charge in [0.05, 0.1) is 6.61 Å². The predicted octanol–water partition coefficient (Wildman–Crippen LogP) is 3.46. The van der Waals surface area contributed by atoms with E-state index in [2.05, 4.69) is 6.92 Å². The van der Waals surface area contributed by atoms with E-state index in [1.807, 2.05) is 30.3 Å². The molecule has 1 unspecified atom stereocenters. The number of aryl methyl sites for hydroxylation is 1. The molecule has 0 aliphatic heterocycles. The predicted molar refractivity (Wildman–Crippen MR) is 82.5 cm³/mol. The molecular weight excluding hydrogens is 250 g/mol. The number of benzene rings is 1. The summed E-state index contributed by atoms with van der Waals surface area (Å²) in [5, 5.41) is 0. The van der Waals surface area contributed by atoms with Crippen molar-refractivity contribution in [2.24, 2.45) is 5.73 Å². The van der Waals surface area contributed by atoms with Crippen LogP contribution >= 0.6 is 0 Å². The highest BCUT2D eigenvalue weighted by molar-refractivity contribution is 5.75. The molecule has 0 radical (unpaired) electrons. The first-order valence-electron chi connectivity index (χ1n) is 7.70. The van der Waals surface area contributed by atoms with E-state index in [0.29, 0.717) is 13.0 Å². The molecular formula is C17H27NO2. The molecule has 0 spiro atoms. The van der Waals surface area contributed by atoms with E-state index in [1.165, 1.54) is 24.8 Å². The number of ether oxygens (including phenoxy) is 1. The number of nitrogens with two attached hydrogens (primary N) is 1. The third-order valence-electron chi connectivity index (χ3n) is 3.38. The summed E-state index contributed by atoms with van der Waals surface area (Å²) in [6.45, 7) is 2.69. The van der Waals surface area contributed by atoms with Gasteiger partial charge in [-0.3, -0.25) is 4.79 Å². The highest BCUT2D eigenvalue weighted by Gasteiger charge is 2.14. The molecule has 0 heterocycles. The van der Waals surface area contributed by atoms with Gasteiger partial charge in [0, 0.05) is 0 Å². The molecule has 3 heteroatoms. The van der Waals surface area contributed by atoms with Gasteiger partial charge in [0.25, 0.3) is 0 Å². The summed E-state index contributed by atoms with van der Waals surface area (Å²) in [4.78, 5) is 11.7. The SMILES string of the molecule is CCCCCCCOC(=O)C(N)CCc1ccccc1. The molecule has 1 atom stereocenters. The van der Waals surface area contributed by atoms with Crippen LogP contribution in [-0.4, -0.2) is 18.6 Å². The third-order valence-corrected chi connectivity index (χ3v) is 3.38. The number of hydrogen-bond acceptors (Lipinski definition) is 3. The van der Waals surface area contributed by atoms with E-state index in [1.54, 1.807) is 0 Å². The van der Waals surface area contributed by atoms with Crippen LogP contribution < -0.4 is 5.73 Å². The molecule has 1 aromatic carbocycles. The number of carbonyl (C=O) groups is 1. The molecule has 3 nitrogen and oxygen atoms in total. The summed E-state index contributed by atoms with van der Waals surface area (Å²) in [6.07, 6.45) is 7.21. The highest BCUT2D eigenvalue weighted by atomic mass is 16.5. The van der Waals surface area contributed by atoms with Crippen molar-refractivity contribution in [1.82, 2.24) is 0 Å². The Balaban J connectivity index is 2.10. The van der Waals surface area contributed by atoms with Crippen LogP contribution in [0.3, 0.4) is 0 Å². The lowest BCUT2D eigenvalue weighted by atomic mass is 10.1. The maximum absolute atomic E-state index is 11.7. The Morgan fingerprint density at radius 3 is 2.55 bits per heavy atom. The van der Waals surface area contributed by atoms with Gasteiger partial charge in [-0.05, 0) is 24.8 Å². The van der Waals surface area contributed by atoms with Gasteiger partial charge in [-0.15, -0.1) is 0 Å². The maximum Gasteiger partial charge on any atom is 0.322 e. The molecule has 0 aromatic heterocycles. The van der Waals surface area contributed by atoms with Crippen molar-refractivity contribution in [3.63, 3.8) is 0 Å². The van der Waals surface area contributed by atoms with Crippen molar-refractivity contribution in [3.05, 3.63) is 35.9 Å². The minimum absolute atomic E-state index is 0.267. The van der Waals surface area contributed by atoms with Crippen molar-refractivity contribution in [1.29, 1.82) is 0 Å². The van der Waals surface area contributed by atoms with Gasteiger partial charge >= 0.3 is 5.97 Å². The third kappa shape index (κ3) is 7.29. The van der Waals surface area contributed by atoms with E-state index in [-0.39, 0.29) is 5.97 Å². The molecule has 0 amide bonds. The standard InChI is InChI=1S/C17H27NO2/c1-2-3-4-5-9-14-20-17(19)16(18)13-12-15-10-7-6-8-11-15/h6-8,10-11,16H,2-5,9,12-14,18H2,1H3. The highest BCUT2D eigenvalue weighted by Crippen LogP contribution is 2.06. The molecule has 2 N–H and O–H groups in total. The monoisotopic (exact) mass is 277 g/mol. The van der Waals surface area contributed by atoms with Gasteiger partial charge in [0.15, 0.2) is 0 Å². The number of hydrogen-bond donors (Lipinski definition) is 1. The number of esters is 1. The average Bonchev–Trinajstić information content (AvgIpc) is 2.49. The van der Waals surface area contributed by atoms with E-state index in [0.717, 1.165) is 19.3 Å². The van der Waals surface area contributed by atoms with Crippen LogP contribution in [0, 0.1) is 0 Å². The molecule has 0 saturated carbocycles. The number of rotatable bonds is 10. The fraction of sp³-hybridized carbons (Fsp3) is 0.588. The largest absolute Gasteiger partial charge is 0.465 e. The van der Waals surface area contributed by atoms with Crippen molar-refractivity contribution in [2.45, 2.75) is 57.9 Å². The van der Waals surface area contributed by atoms with Crippen LogP contribution in [0.1, 0.15) is 51.0 Å². The average molecular weight is 277 g/mol. The van der Waals surface area contributed by atoms with Crippen molar-refractivity contribution < 1.29 is 9.53 Å². The van der Waals surface area contributed by atoms with E-state index < -0.39 is 6.04 Å². The lowest BCUT2D eigenvalue weighted by molar-refractivity contribution is -0.145. The maximum atomic E-state index is 11.7. The fourth-order valence-corrected chi connectivity index (χ4v) is 2.07. The Kier molecular flexibility index (Phi) is 8.72. The second kappa shape index (κ2) is 10.4. The molecule has 0 bridgehead atoms. The minimum atomic E-state index is -0.508. The quantitative estimate of drug-likeness (QED) is 0.526. The lowest BCUT2D eigenvalue weighted by Gasteiger charge is -2.11. The molecule has 0 fully saturated rings. The summed E-state index contributed by atoms with van der Waals surface area (Å²) in [6, 6.07) is 9.56. The van der Waals surface area contributed by atoms with Gasteiger partial charge in [-0.1, -0.05) is 62.9 Å². The fourth-order valence-electron chi connectivity index (χ4n) is 2.07. The molecule has 0 aliphatic carbocycles.